The molecule has 0 spiro atoms. The van der Waals surface area contributed by atoms with Crippen LogP contribution in [-0.2, 0) is 11.3 Å². The summed E-state index contributed by atoms with van der Waals surface area (Å²) in [5.74, 6) is 0.879. The maximum atomic E-state index is 5.48. The monoisotopic (exact) mass is 283 g/mol. The van der Waals surface area contributed by atoms with E-state index in [2.05, 4.69) is 28.9 Å². The highest BCUT2D eigenvalue weighted by atomic mass is 16.5. The fourth-order valence-corrected chi connectivity index (χ4v) is 2.36. The van der Waals surface area contributed by atoms with Crippen molar-refractivity contribution in [2.24, 2.45) is 0 Å². The first-order chi connectivity index (χ1) is 9.78. The van der Waals surface area contributed by atoms with Gasteiger partial charge >= 0.3 is 0 Å². The molecule has 1 rings (SSSR count). The highest BCUT2D eigenvalue weighted by Crippen LogP contribution is 2.28. The Kier molecular flexibility index (Phi) is 8.30. The van der Waals surface area contributed by atoms with E-state index in [0.29, 0.717) is 0 Å². The van der Waals surface area contributed by atoms with Crippen molar-refractivity contribution in [1.82, 2.24) is 15.1 Å². The van der Waals surface area contributed by atoms with Crippen LogP contribution in [0.1, 0.15) is 51.3 Å². The molecule has 0 saturated carbocycles. The van der Waals surface area contributed by atoms with Crippen molar-refractivity contribution in [1.29, 1.82) is 0 Å². The van der Waals surface area contributed by atoms with Gasteiger partial charge in [-0.15, -0.1) is 0 Å². The smallest absolute Gasteiger partial charge is 0.161 e. The Hall–Kier alpha value is -1.07. The van der Waals surface area contributed by atoms with Crippen LogP contribution < -0.4 is 10.1 Å². The van der Waals surface area contributed by atoms with Gasteiger partial charge in [0.15, 0.2) is 5.75 Å². The first-order valence-corrected chi connectivity index (χ1v) is 7.60. The van der Waals surface area contributed by atoms with E-state index < -0.39 is 0 Å². The number of methoxy groups -OCH3 is 2. The van der Waals surface area contributed by atoms with Crippen LogP contribution in [0.25, 0.3) is 0 Å². The number of ether oxygens (including phenoxy) is 2. The molecule has 1 heterocycles. The molecule has 20 heavy (non-hydrogen) atoms. The maximum Gasteiger partial charge on any atom is 0.161 e. The summed E-state index contributed by atoms with van der Waals surface area (Å²) in [5, 5.41) is 8.06. The fourth-order valence-electron chi connectivity index (χ4n) is 2.36. The lowest BCUT2D eigenvalue weighted by Crippen LogP contribution is -2.25. The lowest BCUT2D eigenvalue weighted by atomic mass is 10.1. The van der Waals surface area contributed by atoms with Crippen LogP contribution in [0, 0.1) is 0 Å². The van der Waals surface area contributed by atoms with Gasteiger partial charge in [0.2, 0.25) is 0 Å². The number of aromatic nitrogens is 2. The van der Waals surface area contributed by atoms with Crippen molar-refractivity contribution in [3.8, 4) is 5.75 Å². The number of hydrogen-bond donors (Lipinski definition) is 1. The maximum absolute atomic E-state index is 5.48. The van der Waals surface area contributed by atoms with Crippen molar-refractivity contribution in [2.75, 3.05) is 27.4 Å². The van der Waals surface area contributed by atoms with Gasteiger partial charge in [0.05, 0.1) is 25.0 Å². The van der Waals surface area contributed by atoms with Gasteiger partial charge in [-0.1, -0.05) is 13.8 Å². The zero-order valence-electron chi connectivity index (χ0n) is 13.3. The third kappa shape index (κ3) is 4.80. The molecule has 1 N–H and O–H groups in total. The molecule has 0 amide bonds. The number of aryl methyl sites for hydroxylation is 1. The number of rotatable bonds is 11. The minimum Gasteiger partial charge on any atom is -0.493 e. The summed E-state index contributed by atoms with van der Waals surface area (Å²) in [6.45, 7) is 7.05. The molecule has 0 aliphatic rings. The summed E-state index contributed by atoms with van der Waals surface area (Å²) < 4.78 is 12.7. The molecule has 1 aromatic rings. The average Bonchev–Trinajstić information content (AvgIpc) is 2.86. The Morgan fingerprint density at radius 1 is 1.30 bits per heavy atom. The summed E-state index contributed by atoms with van der Waals surface area (Å²) in [7, 11) is 3.46. The molecule has 0 fully saturated rings. The minimum atomic E-state index is 0.272. The summed E-state index contributed by atoms with van der Waals surface area (Å²) in [4.78, 5) is 0. The Morgan fingerprint density at radius 3 is 2.70 bits per heavy atom. The molecule has 5 heteroatoms. The van der Waals surface area contributed by atoms with E-state index >= 15 is 0 Å². The van der Waals surface area contributed by atoms with Crippen molar-refractivity contribution >= 4 is 0 Å². The van der Waals surface area contributed by atoms with Gasteiger partial charge < -0.3 is 14.8 Å². The molecule has 1 unspecified atom stereocenters. The van der Waals surface area contributed by atoms with Crippen molar-refractivity contribution < 1.29 is 9.47 Å². The molecule has 1 aromatic heterocycles. The van der Waals surface area contributed by atoms with Crippen LogP contribution in [0.3, 0.4) is 0 Å². The SMILES string of the molecule is CCCNC(CCCOC)c1c(OC)cnn1CCC. The van der Waals surface area contributed by atoms with Crippen molar-refractivity contribution in [2.45, 2.75) is 52.1 Å². The average molecular weight is 283 g/mol. The molecular weight excluding hydrogens is 254 g/mol. The fraction of sp³-hybridized carbons (Fsp3) is 0.800. The van der Waals surface area contributed by atoms with E-state index in [1.807, 2.05) is 6.20 Å². The Bertz CT molecular complexity index is 366. The molecule has 0 radical (unpaired) electrons. The quantitative estimate of drug-likeness (QED) is 0.634. The Labute approximate surface area is 122 Å². The molecule has 0 saturated heterocycles. The highest BCUT2D eigenvalue weighted by molar-refractivity contribution is 5.28. The second kappa shape index (κ2) is 9.77. The largest absolute Gasteiger partial charge is 0.493 e. The van der Waals surface area contributed by atoms with E-state index in [-0.39, 0.29) is 6.04 Å². The van der Waals surface area contributed by atoms with Crippen LogP contribution in [0.5, 0.6) is 5.75 Å². The summed E-state index contributed by atoms with van der Waals surface area (Å²) in [5.41, 5.74) is 1.17. The standard InChI is InChI=1S/C15H29N3O2/c1-5-9-16-13(8-7-11-19-3)15-14(20-4)12-17-18(15)10-6-2/h12-13,16H,5-11H2,1-4H3. The van der Waals surface area contributed by atoms with Crippen LogP contribution in [0.2, 0.25) is 0 Å². The second-order valence-corrected chi connectivity index (χ2v) is 4.96. The minimum absolute atomic E-state index is 0.272. The van der Waals surface area contributed by atoms with Crippen molar-refractivity contribution in [3.63, 3.8) is 0 Å². The predicted molar refractivity (Wildman–Crippen MR) is 81.2 cm³/mol. The molecular formula is C15H29N3O2. The Balaban J connectivity index is 2.87. The number of nitrogens with one attached hydrogen (secondary N) is 1. The Morgan fingerprint density at radius 2 is 2.10 bits per heavy atom. The van der Waals surface area contributed by atoms with Gasteiger partial charge in [0.25, 0.3) is 0 Å². The lowest BCUT2D eigenvalue weighted by molar-refractivity contribution is 0.188. The second-order valence-electron chi connectivity index (χ2n) is 4.96. The third-order valence-corrected chi connectivity index (χ3v) is 3.31. The molecule has 0 aliphatic carbocycles. The van der Waals surface area contributed by atoms with E-state index in [4.69, 9.17) is 9.47 Å². The van der Waals surface area contributed by atoms with Gasteiger partial charge in [0.1, 0.15) is 0 Å². The van der Waals surface area contributed by atoms with Crippen LogP contribution in [-0.4, -0.2) is 37.2 Å². The van der Waals surface area contributed by atoms with Gasteiger partial charge in [-0.05, 0) is 32.2 Å². The van der Waals surface area contributed by atoms with Gasteiger partial charge in [-0.25, -0.2) is 0 Å². The first-order valence-electron chi connectivity index (χ1n) is 7.60. The van der Waals surface area contributed by atoms with E-state index in [9.17, 15) is 0 Å². The van der Waals surface area contributed by atoms with Crippen LogP contribution in [0.4, 0.5) is 0 Å². The first kappa shape index (κ1) is 17.0. The van der Waals surface area contributed by atoms with E-state index in [1.165, 1.54) is 5.69 Å². The lowest BCUT2D eigenvalue weighted by Gasteiger charge is -2.21. The third-order valence-electron chi connectivity index (χ3n) is 3.31. The molecule has 1 atom stereocenters. The molecule has 0 aliphatic heterocycles. The van der Waals surface area contributed by atoms with E-state index in [0.717, 1.165) is 51.1 Å². The molecule has 116 valence electrons. The normalized spacial score (nSPS) is 12.6. The van der Waals surface area contributed by atoms with Gasteiger partial charge in [0, 0.05) is 20.3 Å². The molecule has 0 bridgehead atoms. The van der Waals surface area contributed by atoms with Crippen LogP contribution in [0.15, 0.2) is 6.20 Å². The topological polar surface area (TPSA) is 48.3 Å². The predicted octanol–water partition coefficient (Wildman–Crippen LogP) is 2.77. The number of hydrogen-bond acceptors (Lipinski definition) is 4. The molecule has 5 nitrogen and oxygen atoms in total. The van der Waals surface area contributed by atoms with E-state index in [1.54, 1.807) is 14.2 Å². The number of nitrogens with zero attached hydrogens (tertiary/aromatic N) is 2. The van der Waals surface area contributed by atoms with Crippen LogP contribution >= 0.6 is 0 Å². The summed E-state index contributed by atoms with van der Waals surface area (Å²) in [6, 6.07) is 0.272. The zero-order valence-corrected chi connectivity index (χ0v) is 13.3. The molecule has 0 aromatic carbocycles. The van der Waals surface area contributed by atoms with Crippen molar-refractivity contribution in [3.05, 3.63) is 11.9 Å². The van der Waals surface area contributed by atoms with Gasteiger partial charge in [-0.3, -0.25) is 4.68 Å². The zero-order chi connectivity index (χ0) is 14.8. The summed E-state index contributed by atoms with van der Waals surface area (Å²) >= 11 is 0. The van der Waals surface area contributed by atoms with Gasteiger partial charge in [-0.2, -0.15) is 5.10 Å². The highest BCUT2D eigenvalue weighted by Gasteiger charge is 2.21. The summed E-state index contributed by atoms with van der Waals surface area (Å²) in [6.07, 6.45) is 6.06.